The lowest BCUT2D eigenvalue weighted by molar-refractivity contribution is -0.144. The number of hydrogen-bond acceptors (Lipinski definition) is 10. The molecule has 490 valence electrons. The van der Waals surface area contributed by atoms with E-state index in [2.05, 4.69) is 90.1 Å². The Labute approximate surface area is 527 Å². The highest BCUT2D eigenvalue weighted by atomic mass is 16.7. The lowest BCUT2D eigenvalue weighted by Crippen LogP contribution is -2.28. The zero-order chi connectivity index (χ0) is 56.6. The average Bonchev–Trinajstić information content (AvgIpc) is 3.63. The van der Waals surface area contributed by atoms with Crippen LogP contribution in [0.2, 0.25) is 0 Å². The fourth-order valence-electron chi connectivity index (χ4n) is 6.99. The molecule has 0 aliphatic rings. The minimum Gasteiger partial charge on any atom is -0.508 e. The van der Waals surface area contributed by atoms with Crippen molar-refractivity contribution < 1.29 is 49.0 Å². The summed E-state index contributed by atoms with van der Waals surface area (Å²) in [5, 5.41) is 41.4. The van der Waals surface area contributed by atoms with Gasteiger partial charge in [-0.3, -0.25) is 9.59 Å². The number of aromatic hydroxyl groups is 4. The molecule has 10 nitrogen and oxygen atoms in total. The zero-order valence-corrected chi connectivity index (χ0v) is 47.6. The molecule has 4 unspecified atom stereocenters. The van der Waals surface area contributed by atoms with Crippen LogP contribution in [0.15, 0.2) is 146 Å². The SMILES string of the molecule is C.C.C.C.C.C.C.C.C.C.CCC(C)(C)C(=O)Oc1ccc(O)cc1.CCC(C)(C)C(=O)Oc1cccc(O)c1.CCC(C)c1ccc(O)cc1.CCC(C)c1ccc2cc(O)ccc2c1.CCOC(C)Oc1ccc2cc(C(C)CC)ccc2c1. The molecule has 0 aromatic heterocycles. The van der Waals surface area contributed by atoms with Gasteiger partial charge in [-0.15, -0.1) is 0 Å². The van der Waals surface area contributed by atoms with Crippen molar-refractivity contribution >= 4 is 33.5 Å². The van der Waals surface area contributed by atoms with E-state index in [0.717, 1.165) is 30.4 Å². The highest BCUT2D eigenvalue weighted by Gasteiger charge is 2.28. The van der Waals surface area contributed by atoms with Gasteiger partial charge >= 0.3 is 11.9 Å². The fraction of sp³-hybridized carbons (Fsp3) is 0.474. The molecule has 4 atom stereocenters. The zero-order valence-electron chi connectivity index (χ0n) is 47.6. The molecule has 0 fully saturated rings. The number of ether oxygens (including phenoxy) is 4. The summed E-state index contributed by atoms with van der Waals surface area (Å²) in [4.78, 5) is 23.3. The summed E-state index contributed by atoms with van der Waals surface area (Å²) in [5.74, 6) is 3.88. The maximum Gasteiger partial charge on any atom is 0.316 e. The molecule has 10 heteroatoms. The molecule has 7 rings (SSSR count). The molecule has 7 aromatic rings. The Morgan fingerprint density at radius 1 is 0.384 bits per heavy atom. The van der Waals surface area contributed by atoms with E-state index >= 15 is 0 Å². The van der Waals surface area contributed by atoms with Crippen molar-refractivity contribution in [2.24, 2.45) is 10.8 Å². The number of rotatable bonds is 16. The summed E-state index contributed by atoms with van der Waals surface area (Å²) in [6.45, 7) is 29.0. The van der Waals surface area contributed by atoms with Gasteiger partial charge in [-0.2, -0.15) is 0 Å². The van der Waals surface area contributed by atoms with Crippen molar-refractivity contribution in [3.05, 3.63) is 162 Å². The summed E-state index contributed by atoms with van der Waals surface area (Å²) in [7, 11) is 0. The first kappa shape index (κ1) is 95.3. The molecule has 0 saturated carbocycles. The summed E-state index contributed by atoms with van der Waals surface area (Å²) in [5.41, 5.74) is 3.10. The Morgan fingerprint density at radius 2 is 0.721 bits per heavy atom. The molecular formula is C76H126O10. The number of carbonyl (C=O) groups excluding carboxylic acids is 2. The molecule has 7 aromatic carbocycles. The average molecular weight is 1200 g/mol. The van der Waals surface area contributed by atoms with E-state index in [1.54, 1.807) is 48.5 Å². The molecule has 0 aliphatic heterocycles. The number of phenolic OH excluding ortho intramolecular Hbond substituents is 4. The Kier molecular flexibility index (Phi) is 52.3. The van der Waals surface area contributed by atoms with Crippen LogP contribution in [0.3, 0.4) is 0 Å². The molecule has 0 radical (unpaired) electrons. The number of phenols is 4. The molecule has 0 bridgehead atoms. The molecule has 0 spiro atoms. The van der Waals surface area contributed by atoms with Gasteiger partial charge < -0.3 is 39.4 Å². The third-order valence-corrected chi connectivity index (χ3v) is 13.8. The third kappa shape index (κ3) is 31.9. The van der Waals surface area contributed by atoms with Crippen LogP contribution in [0.1, 0.15) is 238 Å². The summed E-state index contributed by atoms with van der Waals surface area (Å²) < 4.78 is 21.5. The fourth-order valence-corrected chi connectivity index (χ4v) is 6.99. The van der Waals surface area contributed by atoms with Crippen LogP contribution in [-0.2, 0) is 14.3 Å². The van der Waals surface area contributed by atoms with Crippen LogP contribution >= 0.6 is 0 Å². The van der Waals surface area contributed by atoms with Crippen molar-refractivity contribution in [2.45, 2.75) is 227 Å². The monoisotopic (exact) mass is 1200 g/mol. The van der Waals surface area contributed by atoms with E-state index in [-0.39, 0.29) is 104 Å². The molecule has 86 heavy (non-hydrogen) atoms. The van der Waals surface area contributed by atoms with Crippen LogP contribution in [0, 0.1) is 10.8 Å². The second-order valence-electron chi connectivity index (χ2n) is 20.5. The first-order valence-electron chi connectivity index (χ1n) is 26.8. The van der Waals surface area contributed by atoms with Crippen molar-refractivity contribution in [3.8, 4) is 40.2 Å². The lowest BCUT2D eigenvalue weighted by Gasteiger charge is -2.19. The van der Waals surface area contributed by atoms with Gasteiger partial charge in [0.05, 0.1) is 10.8 Å². The van der Waals surface area contributed by atoms with Crippen LogP contribution in [0.25, 0.3) is 21.5 Å². The van der Waals surface area contributed by atoms with Crippen molar-refractivity contribution in [2.75, 3.05) is 6.61 Å². The Balaban J connectivity index is -0.000000145. The first-order chi connectivity index (χ1) is 36.0. The molecule has 0 amide bonds. The number of fused-ring (bicyclic) bond motifs is 2. The number of hydrogen-bond donors (Lipinski definition) is 4. The van der Waals surface area contributed by atoms with Gasteiger partial charge in [0.1, 0.15) is 40.2 Å². The summed E-state index contributed by atoms with van der Waals surface area (Å²) in [6.07, 6.45) is 4.69. The second-order valence-corrected chi connectivity index (χ2v) is 20.5. The highest BCUT2D eigenvalue weighted by Crippen LogP contribution is 2.30. The van der Waals surface area contributed by atoms with E-state index in [0.29, 0.717) is 53.8 Å². The predicted octanol–water partition coefficient (Wildman–Crippen LogP) is 23.9. The predicted molar refractivity (Wildman–Crippen MR) is 378 cm³/mol. The van der Waals surface area contributed by atoms with Gasteiger partial charge in [0, 0.05) is 12.7 Å². The van der Waals surface area contributed by atoms with E-state index in [9.17, 15) is 19.8 Å². The Hall–Kier alpha value is -7.04. The molecular weight excluding hydrogens is 1070 g/mol. The summed E-state index contributed by atoms with van der Waals surface area (Å²) >= 11 is 0. The van der Waals surface area contributed by atoms with E-state index < -0.39 is 10.8 Å². The maximum atomic E-state index is 11.7. The van der Waals surface area contributed by atoms with E-state index in [4.69, 9.17) is 29.2 Å². The van der Waals surface area contributed by atoms with Crippen molar-refractivity contribution in [1.82, 2.24) is 0 Å². The number of carbonyl (C=O) groups is 2. The van der Waals surface area contributed by atoms with Gasteiger partial charge in [-0.25, -0.2) is 0 Å². The quantitative estimate of drug-likeness (QED) is 0.0418. The van der Waals surface area contributed by atoms with Crippen LogP contribution in [0.5, 0.6) is 40.2 Å². The largest absolute Gasteiger partial charge is 0.508 e. The molecule has 0 aliphatic carbocycles. The van der Waals surface area contributed by atoms with Crippen molar-refractivity contribution in [3.63, 3.8) is 0 Å². The van der Waals surface area contributed by atoms with Crippen LogP contribution < -0.4 is 14.2 Å². The summed E-state index contributed by atoms with van der Waals surface area (Å²) in [6, 6.07) is 44.6. The first-order valence-corrected chi connectivity index (χ1v) is 26.8. The van der Waals surface area contributed by atoms with Gasteiger partial charge in [0.15, 0.2) is 6.29 Å². The van der Waals surface area contributed by atoms with Gasteiger partial charge in [-0.05, 0) is 202 Å². The number of benzene rings is 7. The highest BCUT2D eigenvalue weighted by molar-refractivity contribution is 5.85. The normalized spacial score (nSPS) is 11.1. The standard InChI is InChI=1S/C18H24O2.C14H16O.2C12H16O3.C10H14O.10CH4/c1-5-13(3)15-7-8-17-12-18(10-9-16(17)11-15)20-14(4)19-6-2;1-3-10(2)11-4-5-13-9-14(15)7-6-12(13)8-11;1-4-12(2,3)11(14)15-10-7-5-9(13)6-8-10;1-4-12(2,3)11(14)15-10-7-5-6-9(13)8-10;1-3-8(2)9-4-6-10(11)7-5-9;;;;;;;;;;/h7-14H,5-6H2,1-4H3;4-10,15H,3H2,1-2H3;2*5-8,13H,4H2,1-3H3;4-8,11H,3H2,1-2H3;10*1H4. The van der Waals surface area contributed by atoms with E-state index in [1.807, 2.05) is 79.7 Å². The number of esters is 2. The minimum atomic E-state index is -0.495. The molecule has 0 saturated heterocycles. The third-order valence-electron chi connectivity index (χ3n) is 13.8. The maximum absolute atomic E-state index is 11.7. The van der Waals surface area contributed by atoms with Gasteiger partial charge in [0.2, 0.25) is 0 Å². The van der Waals surface area contributed by atoms with Crippen molar-refractivity contribution in [1.29, 1.82) is 0 Å². The lowest BCUT2D eigenvalue weighted by atomic mass is 9.91. The van der Waals surface area contributed by atoms with Crippen LogP contribution in [0.4, 0.5) is 0 Å². The molecule has 4 N–H and O–H groups in total. The Bertz CT molecular complexity index is 2830. The van der Waals surface area contributed by atoms with Crippen LogP contribution in [-0.4, -0.2) is 45.3 Å². The van der Waals surface area contributed by atoms with Gasteiger partial charge in [-0.1, -0.05) is 196 Å². The molecule has 0 heterocycles. The second kappa shape index (κ2) is 47.2. The minimum absolute atomic E-state index is 0. The smallest absolute Gasteiger partial charge is 0.316 e. The Morgan fingerprint density at radius 3 is 1.14 bits per heavy atom. The van der Waals surface area contributed by atoms with Gasteiger partial charge in [0.25, 0.3) is 0 Å². The topological polar surface area (TPSA) is 152 Å². The van der Waals surface area contributed by atoms with E-state index in [1.165, 1.54) is 63.5 Å².